The first kappa shape index (κ1) is 22.1. The molecule has 1 aliphatic rings. The lowest BCUT2D eigenvalue weighted by atomic mass is 10.0. The molecule has 11 heteroatoms. The molecule has 2 unspecified atom stereocenters. The van der Waals surface area contributed by atoms with Crippen molar-refractivity contribution >= 4 is 40.9 Å². The van der Waals surface area contributed by atoms with E-state index < -0.39 is 40.9 Å². The number of benzene rings is 2. The quantitative estimate of drug-likeness (QED) is 0.661. The number of rotatable bonds is 5. The van der Waals surface area contributed by atoms with Gasteiger partial charge in [-0.25, -0.2) is 0 Å². The molecule has 0 aromatic heterocycles. The molecule has 1 heterocycles. The highest BCUT2D eigenvalue weighted by atomic mass is 35.5. The highest BCUT2D eigenvalue weighted by Gasteiger charge is 2.38. The summed E-state index contributed by atoms with van der Waals surface area (Å²) in [6, 6.07) is 8.72. The van der Waals surface area contributed by atoms with Crippen molar-refractivity contribution in [1.29, 1.82) is 0 Å². The maximum absolute atomic E-state index is 13.1. The van der Waals surface area contributed by atoms with E-state index in [1.807, 2.05) is 0 Å². The normalized spacial score (nSPS) is 18.8. The van der Waals surface area contributed by atoms with Crippen molar-refractivity contribution in [2.24, 2.45) is 0 Å². The maximum atomic E-state index is 13.1. The fraction of sp³-hybridized carbons (Fsp3) is 0.263. The summed E-state index contributed by atoms with van der Waals surface area (Å²) >= 11 is 6.99. The summed E-state index contributed by atoms with van der Waals surface area (Å²) in [5.41, 5.74) is 0.789. The Morgan fingerprint density at radius 1 is 1.27 bits per heavy atom. The molecular weight excluding hydrogens is 447 g/mol. The van der Waals surface area contributed by atoms with Crippen LogP contribution in [0.3, 0.4) is 0 Å². The number of ether oxygens (including phenoxy) is 2. The molecule has 2 aromatic carbocycles. The minimum atomic E-state index is -5.00. The van der Waals surface area contributed by atoms with Gasteiger partial charge in [-0.05, 0) is 29.8 Å². The van der Waals surface area contributed by atoms with Crippen LogP contribution in [0.1, 0.15) is 22.8 Å². The van der Waals surface area contributed by atoms with Crippen LogP contribution in [0.5, 0.6) is 11.5 Å². The molecule has 2 atom stereocenters. The number of fused-ring (bicyclic) bond motifs is 1. The molecule has 1 amide bonds. The van der Waals surface area contributed by atoms with Crippen LogP contribution in [0.25, 0.3) is 0 Å². The Morgan fingerprint density at radius 3 is 2.63 bits per heavy atom. The van der Waals surface area contributed by atoms with Crippen LogP contribution in [0.4, 0.5) is 18.9 Å². The number of para-hydroxylation sites is 1. The first-order chi connectivity index (χ1) is 14.1. The van der Waals surface area contributed by atoms with Crippen molar-refractivity contribution in [2.75, 3.05) is 12.4 Å². The Kier molecular flexibility index (Phi) is 6.37. The van der Waals surface area contributed by atoms with Crippen LogP contribution in [0.2, 0.25) is 5.02 Å². The summed E-state index contributed by atoms with van der Waals surface area (Å²) in [4.78, 5) is 23.8. The van der Waals surface area contributed by atoms with E-state index >= 15 is 0 Å². The largest absolute Gasteiger partial charge is 0.573 e. The summed E-state index contributed by atoms with van der Waals surface area (Å²) in [7, 11) is 1.20. The second kappa shape index (κ2) is 8.65. The highest BCUT2D eigenvalue weighted by molar-refractivity contribution is 8.01. The molecule has 0 spiro atoms. The van der Waals surface area contributed by atoms with Crippen molar-refractivity contribution in [3.8, 4) is 11.5 Å². The number of aliphatic carboxylic acids is 1. The topological polar surface area (TPSA) is 84.9 Å². The van der Waals surface area contributed by atoms with Gasteiger partial charge in [-0.2, -0.15) is 0 Å². The lowest BCUT2D eigenvalue weighted by molar-refractivity contribution is -0.275. The van der Waals surface area contributed by atoms with Gasteiger partial charge in [0, 0.05) is 16.3 Å². The second-order valence-corrected chi connectivity index (χ2v) is 8.00. The van der Waals surface area contributed by atoms with Gasteiger partial charge in [0.15, 0.2) is 11.5 Å². The molecule has 6 nitrogen and oxygen atoms in total. The lowest BCUT2D eigenvalue weighted by Gasteiger charge is -2.24. The Labute approximate surface area is 178 Å². The predicted octanol–water partition coefficient (Wildman–Crippen LogP) is 4.87. The number of thioether (sulfide) groups is 1. The van der Waals surface area contributed by atoms with Crippen molar-refractivity contribution in [3.63, 3.8) is 0 Å². The predicted molar refractivity (Wildman–Crippen MR) is 105 cm³/mol. The molecule has 2 aromatic rings. The maximum Gasteiger partial charge on any atom is 0.573 e. The third-order valence-electron chi connectivity index (χ3n) is 4.24. The first-order valence-corrected chi connectivity index (χ1v) is 9.81. The number of carboxylic acid groups (broad SMARTS) is 1. The van der Waals surface area contributed by atoms with Crippen molar-refractivity contribution in [2.45, 2.75) is 23.3 Å². The van der Waals surface area contributed by atoms with E-state index in [1.54, 1.807) is 0 Å². The molecule has 0 fully saturated rings. The van der Waals surface area contributed by atoms with E-state index in [2.05, 4.69) is 10.1 Å². The monoisotopic (exact) mass is 461 g/mol. The van der Waals surface area contributed by atoms with E-state index in [-0.39, 0.29) is 11.3 Å². The van der Waals surface area contributed by atoms with Crippen LogP contribution in [0.15, 0.2) is 36.4 Å². The van der Waals surface area contributed by atoms with Crippen molar-refractivity contribution in [1.82, 2.24) is 0 Å². The zero-order valence-electron chi connectivity index (χ0n) is 15.3. The number of nitrogens with one attached hydrogen (secondary N) is 1. The zero-order valence-corrected chi connectivity index (χ0v) is 16.9. The van der Waals surface area contributed by atoms with Crippen LogP contribution >= 0.6 is 23.4 Å². The van der Waals surface area contributed by atoms with Gasteiger partial charge in [0.05, 0.1) is 24.0 Å². The Morgan fingerprint density at radius 2 is 2.00 bits per heavy atom. The Hall–Kier alpha value is -2.59. The fourth-order valence-electron chi connectivity index (χ4n) is 3.04. The van der Waals surface area contributed by atoms with Gasteiger partial charge in [0.25, 0.3) is 0 Å². The van der Waals surface area contributed by atoms with Gasteiger partial charge in [-0.3, -0.25) is 9.59 Å². The zero-order chi connectivity index (χ0) is 22.1. The minimum Gasteiger partial charge on any atom is -0.493 e. The molecule has 0 saturated heterocycles. The minimum absolute atomic E-state index is 0.0621. The number of methoxy groups -OCH3 is 1. The average molecular weight is 462 g/mol. The number of hydrogen-bond donors (Lipinski definition) is 2. The van der Waals surface area contributed by atoms with E-state index in [1.165, 1.54) is 43.5 Å². The molecule has 0 radical (unpaired) electrons. The van der Waals surface area contributed by atoms with Crippen molar-refractivity contribution in [3.05, 3.63) is 52.5 Å². The molecule has 3 rings (SSSR count). The van der Waals surface area contributed by atoms with Crippen LogP contribution in [-0.4, -0.2) is 35.7 Å². The van der Waals surface area contributed by atoms with Gasteiger partial charge in [-0.1, -0.05) is 23.7 Å². The molecule has 160 valence electrons. The number of carboxylic acids is 1. The number of amides is 1. The van der Waals surface area contributed by atoms with Gasteiger partial charge < -0.3 is 19.9 Å². The third kappa shape index (κ3) is 4.93. The molecular formula is C19H15ClF3NO5S. The SMILES string of the molecule is COc1cccc(C2SC(CC(=O)O)C(=O)Nc3ccc(Cl)cc32)c1OC(F)(F)F. The number of halogens is 4. The van der Waals surface area contributed by atoms with Crippen LogP contribution in [0, 0.1) is 0 Å². The summed E-state index contributed by atoms with van der Waals surface area (Å²) in [6.07, 6.45) is -5.52. The van der Waals surface area contributed by atoms with E-state index in [4.69, 9.17) is 16.3 Å². The van der Waals surface area contributed by atoms with Gasteiger partial charge in [0.1, 0.15) is 0 Å². The standard InChI is InChI=1S/C19H15ClF3NO5S/c1-28-13-4-2-3-10(16(13)29-19(21,22)23)17-11-7-9(20)5-6-12(11)24-18(27)14(30-17)8-15(25)26/h2-7,14,17H,8H2,1H3,(H,24,27)(H,25,26). The van der Waals surface area contributed by atoms with Crippen molar-refractivity contribution < 1.29 is 37.3 Å². The fourth-order valence-corrected chi connectivity index (χ4v) is 4.65. The Balaban J connectivity index is 2.20. The number of anilines is 1. The molecule has 30 heavy (non-hydrogen) atoms. The third-order valence-corrected chi connectivity index (χ3v) is 5.96. The number of carbonyl (C=O) groups excluding carboxylic acids is 1. The molecule has 0 bridgehead atoms. The summed E-state index contributed by atoms with van der Waals surface area (Å²) in [5, 5.41) is 10.1. The van der Waals surface area contributed by atoms with Crippen LogP contribution < -0.4 is 14.8 Å². The molecule has 2 N–H and O–H groups in total. The molecule has 1 aliphatic heterocycles. The van der Waals surface area contributed by atoms with Crippen LogP contribution in [-0.2, 0) is 9.59 Å². The molecule has 0 saturated carbocycles. The number of carbonyl (C=O) groups is 2. The van der Waals surface area contributed by atoms with Gasteiger partial charge in [-0.15, -0.1) is 24.9 Å². The summed E-state index contributed by atoms with van der Waals surface area (Å²) < 4.78 is 48.6. The lowest BCUT2D eigenvalue weighted by Crippen LogP contribution is -2.26. The highest BCUT2D eigenvalue weighted by Crippen LogP contribution is 2.50. The van der Waals surface area contributed by atoms with E-state index in [0.29, 0.717) is 16.3 Å². The smallest absolute Gasteiger partial charge is 0.493 e. The van der Waals surface area contributed by atoms with Gasteiger partial charge >= 0.3 is 12.3 Å². The van der Waals surface area contributed by atoms with E-state index in [9.17, 15) is 27.9 Å². The average Bonchev–Trinajstić information content (AvgIpc) is 2.77. The van der Waals surface area contributed by atoms with Gasteiger partial charge in [0.2, 0.25) is 5.91 Å². The number of alkyl halides is 3. The molecule has 0 aliphatic carbocycles. The summed E-state index contributed by atoms with van der Waals surface area (Å²) in [6.45, 7) is 0. The number of hydrogen-bond acceptors (Lipinski definition) is 5. The summed E-state index contributed by atoms with van der Waals surface area (Å²) in [5.74, 6) is -2.52. The second-order valence-electron chi connectivity index (χ2n) is 6.25. The first-order valence-electron chi connectivity index (χ1n) is 8.49. The Bertz CT molecular complexity index is 985. The van der Waals surface area contributed by atoms with E-state index in [0.717, 1.165) is 11.8 Å².